The largest absolute Gasteiger partial charge is 0.468 e. The van der Waals surface area contributed by atoms with E-state index in [-0.39, 0.29) is 22.8 Å². The number of hydrogen-bond donors (Lipinski definition) is 2. The maximum absolute atomic E-state index is 12.4. The van der Waals surface area contributed by atoms with Gasteiger partial charge in [-0.15, -0.1) is 0 Å². The zero-order chi connectivity index (χ0) is 17.3. The molecule has 0 aromatic carbocycles. The van der Waals surface area contributed by atoms with Crippen LogP contribution in [0.15, 0.2) is 21.3 Å². The average molecular weight is 331 g/mol. The van der Waals surface area contributed by atoms with Crippen molar-refractivity contribution in [2.45, 2.75) is 33.6 Å². The number of amides is 2. The fraction of sp³-hybridized carbons (Fsp3) is 0.471. The van der Waals surface area contributed by atoms with Gasteiger partial charge in [0.15, 0.2) is 5.89 Å². The van der Waals surface area contributed by atoms with Crippen molar-refractivity contribution in [2.24, 2.45) is 5.41 Å². The molecule has 7 nitrogen and oxygen atoms in total. The molecule has 0 atom stereocenters. The lowest BCUT2D eigenvalue weighted by Gasteiger charge is -2.20. The SMILES string of the molecule is Cc1ncc(CCNC(=O)c2coc3c2C(=O)NCC(C)(C)C3)o1. The second-order valence-electron chi connectivity index (χ2n) is 6.82. The van der Waals surface area contributed by atoms with E-state index < -0.39 is 0 Å². The summed E-state index contributed by atoms with van der Waals surface area (Å²) in [5, 5.41) is 5.64. The van der Waals surface area contributed by atoms with E-state index in [1.165, 1.54) is 6.26 Å². The molecule has 2 aromatic rings. The van der Waals surface area contributed by atoms with Gasteiger partial charge in [-0.3, -0.25) is 9.59 Å². The Labute approximate surface area is 139 Å². The molecule has 0 radical (unpaired) electrons. The Morgan fingerprint density at radius 3 is 2.96 bits per heavy atom. The first-order chi connectivity index (χ1) is 11.4. The quantitative estimate of drug-likeness (QED) is 0.891. The first kappa shape index (κ1) is 16.3. The Morgan fingerprint density at radius 2 is 2.25 bits per heavy atom. The van der Waals surface area contributed by atoms with Gasteiger partial charge in [-0.05, 0) is 5.41 Å². The number of fused-ring (bicyclic) bond motifs is 1. The fourth-order valence-corrected chi connectivity index (χ4v) is 2.76. The van der Waals surface area contributed by atoms with Crippen molar-refractivity contribution in [3.63, 3.8) is 0 Å². The van der Waals surface area contributed by atoms with E-state index in [4.69, 9.17) is 8.83 Å². The highest BCUT2D eigenvalue weighted by atomic mass is 16.4. The molecule has 0 fully saturated rings. The van der Waals surface area contributed by atoms with Gasteiger partial charge in [0.1, 0.15) is 17.8 Å². The number of rotatable bonds is 4. The van der Waals surface area contributed by atoms with Crippen LogP contribution in [0.2, 0.25) is 0 Å². The Morgan fingerprint density at radius 1 is 1.46 bits per heavy atom. The molecule has 0 saturated heterocycles. The maximum atomic E-state index is 12.4. The molecule has 3 heterocycles. The van der Waals surface area contributed by atoms with Crippen LogP contribution in [0.4, 0.5) is 0 Å². The minimum Gasteiger partial charge on any atom is -0.468 e. The van der Waals surface area contributed by atoms with Gasteiger partial charge in [0.25, 0.3) is 11.8 Å². The van der Waals surface area contributed by atoms with Crippen LogP contribution in [-0.2, 0) is 12.8 Å². The second kappa shape index (κ2) is 6.14. The Bertz CT molecular complexity index is 773. The summed E-state index contributed by atoms with van der Waals surface area (Å²) in [5.41, 5.74) is 0.499. The van der Waals surface area contributed by atoms with E-state index in [2.05, 4.69) is 15.6 Å². The van der Waals surface area contributed by atoms with Crippen molar-refractivity contribution in [1.82, 2.24) is 15.6 Å². The van der Waals surface area contributed by atoms with Crippen molar-refractivity contribution >= 4 is 11.8 Å². The van der Waals surface area contributed by atoms with Crippen molar-refractivity contribution in [2.75, 3.05) is 13.1 Å². The first-order valence-corrected chi connectivity index (χ1v) is 7.94. The summed E-state index contributed by atoms with van der Waals surface area (Å²) < 4.78 is 10.9. The monoisotopic (exact) mass is 331 g/mol. The van der Waals surface area contributed by atoms with Gasteiger partial charge in [0, 0.05) is 32.9 Å². The average Bonchev–Trinajstić information content (AvgIpc) is 3.08. The summed E-state index contributed by atoms with van der Waals surface area (Å²) in [6.07, 6.45) is 4.14. The number of carbonyl (C=O) groups excluding carboxylic acids is 2. The van der Waals surface area contributed by atoms with Crippen LogP contribution < -0.4 is 10.6 Å². The van der Waals surface area contributed by atoms with Gasteiger partial charge in [0.05, 0.1) is 17.3 Å². The topological polar surface area (TPSA) is 97.4 Å². The third kappa shape index (κ3) is 3.34. The lowest BCUT2D eigenvalue weighted by molar-refractivity contribution is 0.0916. The molecule has 0 saturated carbocycles. The van der Waals surface area contributed by atoms with Crippen LogP contribution in [-0.4, -0.2) is 29.9 Å². The molecule has 128 valence electrons. The van der Waals surface area contributed by atoms with Crippen LogP contribution in [0.25, 0.3) is 0 Å². The molecule has 0 bridgehead atoms. The Balaban J connectivity index is 1.70. The maximum Gasteiger partial charge on any atom is 0.255 e. The van der Waals surface area contributed by atoms with Crippen LogP contribution >= 0.6 is 0 Å². The summed E-state index contributed by atoms with van der Waals surface area (Å²) in [6.45, 7) is 6.79. The predicted molar refractivity (Wildman–Crippen MR) is 85.8 cm³/mol. The molecule has 3 rings (SSSR count). The standard InChI is InChI=1S/C17H21N3O4/c1-10-19-7-11(24-10)4-5-18-15(21)12-8-23-13-6-17(2,3)9-20-16(22)14(12)13/h7-8H,4-6,9H2,1-3H3,(H,18,21)(H,20,22). The number of nitrogens with zero attached hydrogens (tertiary/aromatic N) is 1. The smallest absolute Gasteiger partial charge is 0.255 e. The zero-order valence-electron chi connectivity index (χ0n) is 14.1. The summed E-state index contributed by atoms with van der Waals surface area (Å²) >= 11 is 0. The highest BCUT2D eigenvalue weighted by Gasteiger charge is 2.33. The van der Waals surface area contributed by atoms with Crippen LogP contribution in [0.1, 0.15) is 52.0 Å². The number of furan rings is 1. The second-order valence-corrected chi connectivity index (χ2v) is 6.82. The molecule has 24 heavy (non-hydrogen) atoms. The van der Waals surface area contributed by atoms with Gasteiger partial charge in [-0.25, -0.2) is 4.98 Å². The van der Waals surface area contributed by atoms with E-state index in [0.29, 0.717) is 48.9 Å². The van der Waals surface area contributed by atoms with E-state index >= 15 is 0 Å². The molecule has 2 N–H and O–H groups in total. The van der Waals surface area contributed by atoms with E-state index in [1.54, 1.807) is 13.1 Å². The molecule has 2 aromatic heterocycles. The van der Waals surface area contributed by atoms with Crippen LogP contribution in [0, 0.1) is 12.3 Å². The Kier molecular flexibility index (Phi) is 4.17. The highest BCUT2D eigenvalue weighted by molar-refractivity contribution is 6.08. The van der Waals surface area contributed by atoms with Gasteiger partial charge in [-0.2, -0.15) is 0 Å². The molecule has 7 heteroatoms. The third-order valence-corrected chi connectivity index (χ3v) is 4.03. The number of carbonyl (C=O) groups is 2. The first-order valence-electron chi connectivity index (χ1n) is 7.94. The number of oxazole rings is 1. The van der Waals surface area contributed by atoms with Gasteiger partial charge in [-0.1, -0.05) is 13.8 Å². The van der Waals surface area contributed by atoms with Crippen molar-refractivity contribution in [1.29, 1.82) is 0 Å². The predicted octanol–water partition coefficient (Wildman–Crippen LogP) is 1.86. The van der Waals surface area contributed by atoms with Crippen LogP contribution in [0.5, 0.6) is 0 Å². The highest BCUT2D eigenvalue weighted by Crippen LogP contribution is 2.29. The van der Waals surface area contributed by atoms with E-state index in [1.807, 2.05) is 13.8 Å². The van der Waals surface area contributed by atoms with Gasteiger partial charge < -0.3 is 19.5 Å². The van der Waals surface area contributed by atoms with Gasteiger partial charge in [0.2, 0.25) is 0 Å². The summed E-state index contributed by atoms with van der Waals surface area (Å²) in [6, 6.07) is 0. The lowest BCUT2D eigenvalue weighted by Crippen LogP contribution is -2.33. The summed E-state index contributed by atoms with van der Waals surface area (Å²) in [5.74, 6) is 1.27. The molecule has 1 aliphatic heterocycles. The van der Waals surface area contributed by atoms with Crippen molar-refractivity contribution in [3.05, 3.63) is 41.0 Å². The molecular formula is C17H21N3O4. The minimum atomic E-state index is -0.328. The van der Waals surface area contributed by atoms with Gasteiger partial charge >= 0.3 is 0 Å². The molecule has 2 amide bonds. The van der Waals surface area contributed by atoms with Crippen molar-refractivity contribution < 1.29 is 18.4 Å². The summed E-state index contributed by atoms with van der Waals surface area (Å²) in [7, 11) is 0. The third-order valence-electron chi connectivity index (χ3n) is 4.03. The molecule has 1 aliphatic rings. The molecule has 0 unspecified atom stereocenters. The molecular weight excluding hydrogens is 310 g/mol. The zero-order valence-corrected chi connectivity index (χ0v) is 14.1. The normalized spacial score (nSPS) is 16.2. The summed E-state index contributed by atoms with van der Waals surface area (Å²) in [4.78, 5) is 28.7. The molecule has 0 spiro atoms. The fourth-order valence-electron chi connectivity index (χ4n) is 2.76. The number of aromatic nitrogens is 1. The lowest BCUT2D eigenvalue weighted by atomic mass is 9.88. The van der Waals surface area contributed by atoms with Crippen molar-refractivity contribution in [3.8, 4) is 0 Å². The Hall–Kier alpha value is -2.57. The minimum absolute atomic E-state index is 0.114. The number of nitrogens with one attached hydrogen (secondary N) is 2. The van der Waals surface area contributed by atoms with E-state index in [0.717, 1.165) is 0 Å². The molecule has 0 aliphatic carbocycles. The van der Waals surface area contributed by atoms with Crippen LogP contribution in [0.3, 0.4) is 0 Å². The number of hydrogen-bond acceptors (Lipinski definition) is 5. The van der Waals surface area contributed by atoms with E-state index in [9.17, 15) is 9.59 Å². The number of aryl methyl sites for hydroxylation is 1.